The predicted molar refractivity (Wildman–Crippen MR) is 513 cm³/mol. The van der Waals surface area contributed by atoms with Crippen molar-refractivity contribution >= 4 is 174 Å². The number of halogens is 3. The molecule has 8 N–H and O–H groups in total. The highest BCUT2D eigenvalue weighted by atomic mass is 35.5. The fourth-order valence-corrected chi connectivity index (χ4v) is 17.3. The summed E-state index contributed by atoms with van der Waals surface area (Å²) in [6.45, 7) is 18.1. The SMILES string of the molecule is CCC(Oc1ccc(C)cc1C)C(=O)Nc1cccc(C(=O)NC2=NN(c3c(Cl)cc(Cl)cc3Cl)C(=O)C2N=Nc2ccc(OC)cc2)c1.CCCCn1nnn(CN(CC(=O)OC)C(=O)Oc2cc(C(=O)Nc3ccccc3C)c(O)c3ccccc23)c1=S.COC(=O)C(C)Sc1nnc(Sc2c(C)cc(Oc3cc(C)c(O)cc3NC(=O)COc3ccc(C)cc3C)c(O)c2O)s1. The number of benzene rings is 10. The number of aryl methyl sites for hydroxylation is 8. The number of carbonyl (C=O) groups is 8. The number of nitrogens with zero attached hydrogens (tertiary/aromatic N) is 11. The number of hydrazone groups is 1. The number of hydrogen-bond acceptors (Lipinski definition) is 30. The summed E-state index contributed by atoms with van der Waals surface area (Å²) in [5.74, 6) is -3.43. The molecule has 1 aliphatic heterocycles. The Balaban J connectivity index is 0.000000194. The number of phenols is 4. The molecule has 34 nitrogen and oxygen atoms in total. The van der Waals surface area contributed by atoms with E-state index >= 15 is 0 Å². The molecule has 13 rings (SSSR count). The highest BCUT2D eigenvalue weighted by Crippen LogP contribution is 2.50. The van der Waals surface area contributed by atoms with Crippen LogP contribution in [0.2, 0.25) is 15.1 Å². The van der Waals surface area contributed by atoms with E-state index in [0.717, 1.165) is 62.3 Å². The van der Waals surface area contributed by atoms with Gasteiger partial charge < -0.3 is 74.9 Å². The van der Waals surface area contributed by atoms with Crippen LogP contribution in [0.4, 0.5) is 33.2 Å². The molecule has 0 bridgehead atoms. The molecule has 1 aliphatic rings. The van der Waals surface area contributed by atoms with Crippen molar-refractivity contribution in [3.63, 3.8) is 0 Å². The fourth-order valence-electron chi connectivity index (χ4n) is 12.9. The Morgan fingerprint density at radius 1 is 0.634 bits per heavy atom. The van der Waals surface area contributed by atoms with Gasteiger partial charge in [-0.15, -0.1) is 15.3 Å². The number of carbonyl (C=O) groups excluding carboxylic acids is 8. The second kappa shape index (κ2) is 46.5. The topological polar surface area (TPSA) is 435 Å². The maximum Gasteiger partial charge on any atom is 0.417 e. The van der Waals surface area contributed by atoms with E-state index in [1.54, 1.807) is 106 Å². The standard InChI is InChI=1S/C35H31Cl3N6O5.C30H31N3O8S3.C28H30N6O6S/c1-5-28(49-29-14-9-19(2)15-20(29)3)34(46)39-24-8-6-7-21(16-24)33(45)40-32-30(42-41-23-10-12-25(48-4)13-11-23)35(47)44(43-32)31-26(37)17-22(36)18-27(31)38;1-14-7-8-21(16(3)9-14)40-13-24(35)31-19-12-20(34)15(2)10-22(19)41-23-11-17(4)27(26(37)25(23)36)43-30-33-32-29(44-30)42-18(5)28(38)39-6;1-4-5-14-33-27(41)34(31-30-33)17-32(16-24(35)39-3)28(38)40-23-15-21(25(36)20-12-8-7-11-19(20)23)26(37)29-22-13-9-6-10-18(22)2/h6-18,28,30H,5H2,1-4H3,(H,39,46)(H,40,43,45);7-12,18,34,36-37H,13H2,1-6H3,(H,31,35);6-13,15,36H,4-5,14,16-17H2,1-3H3,(H,29,37). The number of esters is 2. The van der Waals surface area contributed by atoms with E-state index in [1.807, 2.05) is 90.9 Å². The molecule has 0 aliphatic carbocycles. The average Bonchev–Trinajstić information content (AvgIpc) is 1.37. The molecule has 0 saturated heterocycles. The smallest absolute Gasteiger partial charge is 0.417 e. The average molecular weight is 1960 g/mol. The first kappa shape index (κ1) is 101. The number of thioether (sulfide) groups is 1. The van der Waals surface area contributed by atoms with E-state index in [1.165, 1.54) is 96.3 Å². The Hall–Kier alpha value is -13.9. The fraction of sp³-hybridized carbons (Fsp3) is 0.247. The first-order valence-electron chi connectivity index (χ1n) is 41.1. The van der Waals surface area contributed by atoms with Gasteiger partial charge in [-0.25, -0.2) is 9.48 Å². The predicted octanol–water partition coefficient (Wildman–Crippen LogP) is 19.5. The van der Waals surface area contributed by atoms with Gasteiger partial charge in [-0.1, -0.05) is 174 Å². The molecule has 6 amide bonds. The summed E-state index contributed by atoms with van der Waals surface area (Å²) >= 11 is 27.8. The van der Waals surface area contributed by atoms with Gasteiger partial charge in [0.2, 0.25) is 16.6 Å². The number of amidine groups is 1. The van der Waals surface area contributed by atoms with Gasteiger partial charge in [-0.05, 0) is 210 Å². The minimum absolute atomic E-state index is 0.00314. The Kier molecular flexibility index (Phi) is 34.9. The number of nitrogens with one attached hydrogen (secondary N) is 4. The maximum absolute atomic E-state index is 13.7. The Morgan fingerprint density at radius 3 is 1.96 bits per heavy atom. The number of aromatic hydroxyl groups is 4. The summed E-state index contributed by atoms with van der Waals surface area (Å²) in [4.78, 5) is 105. The lowest BCUT2D eigenvalue weighted by atomic mass is 10.0. The molecule has 0 fully saturated rings. The number of unbranched alkanes of at least 4 members (excludes halogenated alkanes) is 1. The summed E-state index contributed by atoms with van der Waals surface area (Å²) in [5.41, 5.74) is 7.44. The highest BCUT2D eigenvalue weighted by molar-refractivity contribution is 8.04. The van der Waals surface area contributed by atoms with Crippen molar-refractivity contribution in [2.24, 2.45) is 15.3 Å². The summed E-state index contributed by atoms with van der Waals surface area (Å²) in [6, 6.07) is 45.3. The second-order valence-electron chi connectivity index (χ2n) is 30.0. The van der Waals surface area contributed by atoms with E-state index in [-0.39, 0.29) is 102 Å². The molecule has 41 heteroatoms. The van der Waals surface area contributed by atoms with Crippen LogP contribution in [-0.4, -0.2) is 161 Å². The molecule has 0 radical (unpaired) electrons. The van der Waals surface area contributed by atoms with E-state index < -0.39 is 71.1 Å². The van der Waals surface area contributed by atoms with Crippen LogP contribution in [0.15, 0.2) is 199 Å². The zero-order valence-corrected chi connectivity index (χ0v) is 80.0. The number of tetrazole rings is 1. The van der Waals surface area contributed by atoms with E-state index in [4.69, 9.17) is 80.2 Å². The van der Waals surface area contributed by atoms with E-state index in [2.05, 4.69) is 57.2 Å². The van der Waals surface area contributed by atoms with Crippen LogP contribution in [0.3, 0.4) is 0 Å². The first-order chi connectivity index (χ1) is 64.0. The van der Waals surface area contributed by atoms with Gasteiger partial charge >= 0.3 is 18.0 Å². The van der Waals surface area contributed by atoms with Gasteiger partial charge in [0.15, 0.2) is 44.5 Å². The molecule has 3 atom stereocenters. The van der Waals surface area contributed by atoms with Gasteiger partial charge in [0.1, 0.15) is 58.6 Å². The summed E-state index contributed by atoms with van der Waals surface area (Å²) in [5, 5.41) is 84.5. The van der Waals surface area contributed by atoms with Crippen molar-refractivity contribution in [1.29, 1.82) is 0 Å². The molecule has 10 aromatic carbocycles. The molecular weight excluding hydrogens is 1870 g/mol. The molecule has 2 aromatic heterocycles. The van der Waals surface area contributed by atoms with Crippen molar-refractivity contribution in [2.45, 2.75) is 133 Å². The van der Waals surface area contributed by atoms with Crippen molar-refractivity contribution in [1.82, 2.24) is 40.2 Å². The van der Waals surface area contributed by atoms with E-state index in [9.17, 15) is 58.8 Å². The number of rotatable bonds is 31. The molecule has 3 heterocycles. The molecular formula is C93H92Cl3N15O19S4. The number of aromatic nitrogens is 6. The van der Waals surface area contributed by atoms with Crippen LogP contribution >= 0.6 is 81.9 Å². The normalized spacial score (nSPS) is 12.5. The summed E-state index contributed by atoms with van der Waals surface area (Å²) < 4.78 is 42.2. The number of phenolic OH excluding ortho intramolecular Hbond substituents is 4. The number of methoxy groups -OCH3 is 3. The van der Waals surface area contributed by atoms with Crippen LogP contribution < -0.4 is 50.0 Å². The minimum Gasteiger partial charge on any atom is -0.508 e. The third kappa shape index (κ3) is 25.9. The number of hydrogen-bond donors (Lipinski definition) is 8. The molecule has 134 heavy (non-hydrogen) atoms. The summed E-state index contributed by atoms with van der Waals surface area (Å²) in [6.07, 6.45) is 0.487. The zero-order chi connectivity index (χ0) is 96.9. The minimum atomic E-state index is -1.36. The Labute approximate surface area is 801 Å². The lowest BCUT2D eigenvalue weighted by Crippen LogP contribution is -2.39. The number of anilines is 4. The number of fused-ring (bicyclic) bond motifs is 1. The molecule has 0 saturated carbocycles. The van der Waals surface area contributed by atoms with Crippen LogP contribution in [0.1, 0.15) is 99.7 Å². The number of ether oxygens (including phenoxy) is 7. The highest BCUT2D eigenvalue weighted by Gasteiger charge is 2.41. The van der Waals surface area contributed by atoms with Crippen molar-refractivity contribution < 1.29 is 91.9 Å². The third-order valence-electron chi connectivity index (χ3n) is 20.0. The first-order valence-corrected chi connectivity index (χ1v) is 45.2. The van der Waals surface area contributed by atoms with Crippen LogP contribution in [0.5, 0.6) is 57.5 Å². The quantitative estimate of drug-likeness (QED) is 0.00657. The number of para-hydroxylation sites is 1. The van der Waals surface area contributed by atoms with Crippen LogP contribution in [-0.2, 0) is 46.7 Å². The monoisotopic (exact) mass is 1960 g/mol. The summed E-state index contributed by atoms with van der Waals surface area (Å²) in [7, 11) is 4.05. The van der Waals surface area contributed by atoms with Gasteiger partial charge in [0, 0.05) is 45.3 Å². The van der Waals surface area contributed by atoms with Crippen LogP contribution in [0.25, 0.3) is 10.8 Å². The number of amides is 6. The Bertz CT molecular complexity index is 6540. The molecule has 3 unspecified atom stereocenters. The molecule has 698 valence electrons. The second-order valence-corrected chi connectivity index (χ2v) is 35.4. The van der Waals surface area contributed by atoms with Crippen LogP contribution in [0, 0.1) is 53.2 Å². The lowest BCUT2D eigenvalue weighted by Gasteiger charge is -2.21. The van der Waals surface area contributed by atoms with Gasteiger partial charge in [0.25, 0.3) is 29.5 Å². The Morgan fingerprint density at radius 2 is 1.30 bits per heavy atom. The van der Waals surface area contributed by atoms with Gasteiger partial charge in [-0.2, -0.15) is 19.9 Å². The van der Waals surface area contributed by atoms with Crippen molar-refractivity contribution in [3.05, 3.63) is 240 Å². The van der Waals surface area contributed by atoms with Gasteiger partial charge in [-0.3, -0.25) is 38.5 Å². The molecule has 0 spiro atoms. The van der Waals surface area contributed by atoms with Gasteiger partial charge in [0.05, 0.1) is 53.2 Å². The van der Waals surface area contributed by atoms with E-state index in [0.29, 0.717) is 82.8 Å². The maximum atomic E-state index is 13.7. The molecule has 12 aromatic rings. The zero-order valence-electron chi connectivity index (χ0n) is 74.4. The van der Waals surface area contributed by atoms with Crippen molar-refractivity contribution in [3.8, 4) is 57.5 Å². The largest absolute Gasteiger partial charge is 0.508 e. The number of azo groups is 1. The lowest BCUT2D eigenvalue weighted by molar-refractivity contribution is -0.142. The third-order valence-corrected chi connectivity index (χ3v) is 24.5. The van der Waals surface area contributed by atoms with Crippen molar-refractivity contribution in [2.75, 3.05) is 55.4 Å².